The van der Waals surface area contributed by atoms with Crippen LogP contribution >= 0.6 is 0 Å². The molecule has 16 heavy (non-hydrogen) atoms. The molecule has 0 amide bonds. The van der Waals surface area contributed by atoms with Crippen molar-refractivity contribution >= 4 is 11.4 Å². The van der Waals surface area contributed by atoms with Crippen LogP contribution in [0.15, 0.2) is 24.3 Å². The van der Waals surface area contributed by atoms with Gasteiger partial charge in [-0.1, -0.05) is 31.4 Å². The first-order valence-electron chi connectivity index (χ1n) is 6.43. The van der Waals surface area contributed by atoms with Gasteiger partial charge in [0.2, 0.25) is 0 Å². The van der Waals surface area contributed by atoms with Gasteiger partial charge in [0, 0.05) is 13.1 Å². The summed E-state index contributed by atoms with van der Waals surface area (Å²) in [7, 11) is 2.20. The first-order valence-corrected chi connectivity index (χ1v) is 6.43. The molecule has 2 nitrogen and oxygen atoms in total. The Balaban J connectivity index is 1.87. The van der Waals surface area contributed by atoms with Crippen molar-refractivity contribution in [1.82, 2.24) is 0 Å². The molecule has 0 unspecified atom stereocenters. The smallest absolute Gasteiger partial charge is 0.0904 e. The third-order valence-corrected chi connectivity index (χ3v) is 3.98. The summed E-state index contributed by atoms with van der Waals surface area (Å²) in [4.78, 5) is 4.97. The summed E-state index contributed by atoms with van der Waals surface area (Å²) in [6.07, 6.45) is 7.01. The van der Waals surface area contributed by atoms with Crippen molar-refractivity contribution in [3.8, 4) is 0 Å². The van der Waals surface area contributed by atoms with Crippen LogP contribution < -0.4 is 9.80 Å². The minimum absolute atomic E-state index is 0.778. The van der Waals surface area contributed by atoms with Crippen molar-refractivity contribution in [2.45, 2.75) is 38.1 Å². The molecule has 0 spiro atoms. The molecule has 2 aliphatic rings. The normalized spacial score (nSPS) is 21.3. The van der Waals surface area contributed by atoms with E-state index in [0.717, 1.165) is 12.7 Å². The van der Waals surface area contributed by atoms with Gasteiger partial charge in [-0.05, 0) is 25.0 Å². The molecule has 86 valence electrons. The Morgan fingerprint density at radius 2 is 1.69 bits per heavy atom. The van der Waals surface area contributed by atoms with E-state index in [1.54, 1.807) is 0 Å². The molecule has 1 heterocycles. The maximum absolute atomic E-state index is 2.61. The SMILES string of the molecule is CN1CN(C2CCCCC2)c2ccccc21. The van der Waals surface area contributed by atoms with Gasteiger partial charge < -0.3 is 9.80 Å². The molecule has 0 radical (unpaired) electrons. The largest absolute Gasteiger partial charge is 0.355 e. The zero-order chi connectivity index (χ0) is 11.0. The Morgan fingerprint density at radius 3 is 2.44 bits per heavy atom. The van der Waals surface area contributed by atoms with E-state index in [1.807, 2.05) is 0 Å². The Hall–Kier alpha value is -1.18. The lowest BCUT2D eigenvalue weighted by Gasteiger charge is -2.32. The molecule has 0 bridgehead atoms. The summed E-state index contributed by atoms with van der Waals surface area (Å²) >= 11 is 0. The van der Waals surface area contributed by atoms with Crippen LogP contribution in [0.2, 0.25) is 0 Å². The maximum atomic E-state index is 2.61. The molecular weight excluding hydrogens is 196 g/mol. The highest BCUT2D eigenvalue weighted by molar-refractivity contribution is 5.76. The number of nitrogens with zero attached hydrogens (tertiary/aromatic N) is 2. The molecule has 1 fully saturated rings. The van der Waals surface area contributed by atoms with Crippen molar-refractivity contribution in [2.75, 3.05) is 23.5 Å². The van der Waals surface area contributed by atoms with Crippen molar-refractivity contribution < 1.29 is 0 Å². The first kappa shape index (κ1) is 10.0. The molecule has 1 aromatic rings. The zero-order valence-corrected chi connectivity index (χ0v) is 10.0. The third kappa shape index (κ3) is 1.57. The zero-order valence-electron chi connectivity index (χ0n) is 10.0. The number of hydrogen-bond donors (Lipinski definition) is 0. The molecule has 1 aliphatic heterocycles. The van der Waals surface area contributed by atoms with E-state index in [-0.39, 0.29) is 0 Å². The quantitative estimate of drug-likeness (QED) is 0.711. The number of hydrogen-bond acceptors (Lipinski definition) is 2. The number of benzene rings is 1. The van der Waals surface area contributed by atoms with E-state index < -0.39 is 0 Å². The van der Waals surface area contributed by atoms with Gasteiger partial charge in [0.25, 0.3) is 0 Å². The monoisotopic (exact) mass is 216 g/mol. The van der Waals surface area contributed by atoms with Gasteiger partial charge in [-0.3, -0.25) is 0 Å². The minimum atomic E-state index is 0.778. The molecule has 1 saturated carbocycles. The Labute approximate surface area is 97.9 Å². The molecule has 2 heteroatoms. The molecule has 1 aromatic carbocycles. The van der Waals surface area contributed by atoms with Gasteiger partial charge in [-0.15, -0.1) is 0 Å². The lowest BCUT2D eigenvalue weighted by atomic mass is 9.94. The van der Waals surface area contributed by atoms with E-state index in [9.17, 15) is 0 Å². The van der Waals surface area contributed by atoms with Crippen LogP contribution in [0.3, 0.4) is 0 Å². The maximum Gasteiger partial charge on any atom is 0.0904 e. The summed E-state index contributed by atoms with van der Waals surface area (Å²) in [6, 6.07) is 9.58. The fourth-order valence-electron chi connectivity index (χ4n) is 3.12. The van der Waals surface area contributed by atoms with Gasteiger partial charge in [-0.25, -0.2) is 0 Å². The van der Waals surface area contributed by atoms with Crippen molar-refractivity contribution in [2.24, 2.45) is 0 Å². The summed E-state index contributed by atoms with van der Waals surface area (Å²) in [6.45, 7) is 1.07. The lowest BCUT2D eigenvalue weighted by molar-refractivity contribution is 0.419. The van der Waals surface area contributed by atoms with Crippen LogP contribution in [-0.4, -0.2) is 19.8 Å². The number of para-hydroxylation sites is 2. The van der Waals surface area contributed by atoms with Gasteiger partial charge >= 0.3 is 0 Å². The van der Waals surface area contributed by atoms with Crippen LogP contribution in [0.25, 0.3) is 0 Å². The average molecular weight is 216 g/mol. The van der Waals surface area contributed by atoms with E-state index in [2.05, 4.69) is 41.1 Å². The van der Waals surface area contributed by atoms with Crippen molar-refractivity contribution in [3.05, 3.63) is 24.3 Å². The Bertz CT molecular complexity index is 369. The van der Waals surface area contributed by atoms with Crippen LogP contribution in [0.4, 0.5) is 11.4 Å². The fourth-order valence-corrected chi connectivity index (χ4v) is 3.12. The van der Waals surface area contributed by atoms with Gasteiger partial charge in [0.05, 0.1) is 18.0 Å². The predicted molar refractivity (Wildman–Crippen MR) is 69.1 cm³/mol. The van der Waals surface area contributed by atoms with Crippen LogP contribution in [0, 0.1) is 0 Å². The van der Waals surface area contributed by atoms with Gasteiger partial charge in [-0.2, -0.15) is 0 Å². The van der Waals surface area contributed by atoms with Crippen LogP contribution in [-0.2, 0) is 0 Å². The second kappa shape index (κ2) is 4.00. The lowest BCUT2D eigenvalue weighted by Crippen LogP contribution is -2.38. The van der Waals surface area contributed by atoms with E-state index in [4.69, 9.17) is 0 Å². The van der Waals surface area contributed by atoms with E-state index in [1.165, 1.54) is 43.5 Å². The van der Waals surface area contributed by atoms with Gasteiger partial charge in [0.15, 0.2) is 0 Å². The van der Waals surface area contributed by atoms with Crippen LogP contribution in [0.5, 0.6) is 0 Å². The van der Waals surface area contributed by atoms with Crippen molar-refractivity contribution in [1.29, 1.82) is 0 Å². The molecule has 3 rings (SSSR count). The number of anilines is 2. The standard InChI is InChI=1S/C14H20N2/c1-15-11-16(12-7-3-2-4-8-12)14-10-6-5-9-13(14)15/h5-6,9-10,12H,2-4,7-8,11H2,1H3. The third-order valence-electron chi connectivity index (χ3n) is 3.98. The van der Waals surface area contributed by atoms with Crippen molar-refractivity contribution in [3.63, 3.8) is 0 Å². The average Bonchev–Trinajstić information content (AvgIpc) is 2.69. The highest BCUT2D eigenvalue weighted by Gasteiger charge is 2.29. The highest BCUT2D eigenvalue weighted by atomic mass is 15.4. The summed E-state index contributed by atoms with van der Waals surface area (Å²) in [5, 5.41) is 0. The summed E-state index contributed by atoms with van der Waals surface area (Å²) < 4.78 is 0. The van der Waals surface area contributed by atoms with E-state index >= 15 is 0 Å². The number of rotatable bonds is 1. The second-order valence-corrected chi connectivity index (χ2v) is 5.09. The Kier molecular flexibility index (Phi) is 2.50. The molecule has 0 saturated heterocycles. The molecular formula is C14H20N2. The summed E-state index contributed by atoms with van der Waals surface area (Å²) in [5.41, 5.74) is 2.84. The highest BCUT2D eigenvalue weighted by Crippen LogP contribution is 2.38. The topological polar surface area (TPSA) is 6.48 Å². The van der Waals surface area contributed by atoms with Crippen LogP contribution in [0.1, 0.15) is 32.1 Å². The Morgan fingerprint density at radius 1 is 1.00 bits per heavy atom. The molecule has 0 aromatic heterocycles. The first-order chi connectivity index (χ1) is 7.86. The predicted octanol–water partition coefficient (Wildman–Crippen LogP) is 3.23. The fraction of sp³-hybridized carbons (Fsp3) is 0.571. The second-order valence-electron chi connectivity index (χ2n) is 5.09. The number of fused-ring (bicyclic) bond motifs is 1. The molecule has 0 atom stereocenters. The minimum Gasteiger partial charge on any atom is -0.355 e. The van der Waals surface area contributed by atoms with E-state index in [0.29, 0.717) is 0 Å². The summed E-state index contributed by atoms with van der Waals surface area (Å²) in [5.74, 6) is 0. The molecule has 1 aliphatic carbocycles. The van der Waals surface area contributed by atoms with Gasteiger partial charge in [0.1, 0.15) is 0 Å². The molecule has 0 N–H and O–H groups in total.